The molecule has 2 aliphatic rings. The average Bonchev–Trinajstić information content (AvgIpc) is 2.93. The maximum atomic E-state index is 12.9. The van der Waals surface area contributed by atoms with Gasteiger partial charge < -0.3 is 20.3 Å². The molecule has 1 aromatic rings. The third kappa shape index (κ3) is 3.04. The number of hydrogen-bond donors (Lipinski definition) is 2. The Bertz CT molecular complexity index is 637. The van der Waals surface area contributed by atoms with Crippen LogP contribution in [0.1, 0.15) is 17.8 Å². The Morgan fingerprint density at radius 1 is 1.45 bits per heavy atom. The Labute approximate surface area is 140 Å². The predicted molar refractivity (Wildman–Crippen MR) is 86.5 cm³/mol. The van der Waals surface area contributed by atoms with Gasteiger partial charge in [0.1, 0.15) is 0 Å². The second-order valence-electron chi connectivity index (χ2n) is 5.14. The van der Waals surface area contributed by atoms with Crippen LogP contribution in [0, 0.1) is 0 Å². The highest BCUT2D eigenvalue weighted by atomic mass is 79.9. The molecule has 2 N–H and O–H groups in total. The molecular formula is C14H16BrN3O3S. The highest BCUT2D eigenvalue weighted by Gasteiger charge is 2.34. The van der Waals surface area contributed by atoms with E-state index in [2.05, 4.69) is 26.6 Å². The van der Waals surface area contributed by atoms with Crippen molar-refractivity contribution >= 4 is 39.2 Å². The van der Waals surface area contributed by atoms with Crippen LogP contribution in [0.15, 0.2) is 27.2 Å². The number of thiophene rings is 1. The number of hydrogen-bond acceptors (Lipinski definition) is 4. The second kappa shape index (κ2) is 6.39. The molecule has 2 aliphatic heterocycles. The summed E-state index contributed by atoms with van der Waals surface area (Å²) in [7, 11) is 0. The second-order valence-corrected chi connectivity index (χ2v) is 7.00. The maximum Gasteiger partial charge on any atom is 0.319 e. The summed E-state index contributed by atoms with van der Waals surface area (Å²) in [4.78, 5) is 27.4. The lowest BCUT2D eigenvalue weighted by Crippen LogP contribution is -2.49. The lowest BCUT2D eigenvalue weighted by Gasteiger charge is -2.33. The first-order valence-corrected chi connectivity index (χ1v) is 8.63. The van der Waals surface area contributed by atoms with E-state index >= 15 is 0 Å². The zero-order chi connectivity index (χ0) is 15.7. The molecule has 22 heavy (non-hydrogen) atoms. The highest BCUT2D eigenvalue weighted by Crippen LogP contribution is 2.33. The fourth-order valence-corrected chi connectivity index (χ4v) is 4.11. The van der Waals surface area contributed by atoms with E-state index in [1.165, 1.54) is 11.3 Å². The fourth-order valence-electron chi connectivity index (χ4n) is 2.61. The van der Waals surface area contributed by atoms with Gasteiger partial charge in [-0.15, -0.1) is 11.3 Å². The summed E-state index contributed by atoms with van der Waals surface area (Å²) in [6, 6.07) is 1.23. The first kappa shape index (κ1) is 15.5. The van der Waals surface area contributed by atoms with Crippen molar-refractivity contribution in [3.63, 3.8) is 0 Å². The summed E-state index contributed by atoms with van der Waals surface area (Å²) in [5.74, 6) is -0.0529. The molecule has 6 nitrogen and oxygen atoms in total. The molecule has 0 aromatic carbocycles. The van der Waals surface area contributed by atoms with E-state index in [4.69, 9.17) is 4.74 Å². The molecule has 0 radical (unpaired) electrons. The summed E-state index contributed by atoms with van der Waals surface area (Å²) in [5.41, 5.74) is 1.20. The number of allylic oxidation sites excluding steroid dienone is 1. The Balaban J connectivity index is 1.94. The van der Waals surface area contributed by atoms with Gasteiger partial charge in [-0.1, -0.05) is 0 Å². The predicted octanol–water partition coefficient (Wildman–Crippen LogP) is 2.00. The van der Waals surface area contributed by atoms with Gasteiger partial charge in [0.2, 0.25) is 0 Å². The Morgan fingerprint density at radius 2 is 2.18 bits per heavy atom. The van der Waals surface area contributed by atoms with Gasteiger partial charge in [-0.25, -0.2) is 4.79 Å². The van der Waals surface area contributed by atoms with Crippen LogP contribution in [0.25, 0.3) is 0 Å². The minimum atomic E-state index is -0.416. The van der Waals surface area contributed by atoms with Crippen molar-refractivity contribution in [3.8, 4) is 0 Å². The zero-order valence-corrected chi connectivity index (χ0v) is 14.4. The summed E-state index contributed by atoms with van der Waals surface area (Å²) in [6.07, 6.45) is 0. The molecule has 3 amide bonds. The van der Waals surface area contributed by atoms with Gasteiger partial charge in [0.05, 0.1) is 24.8 Å². The maximum absolute atomic E-state index is 12.9. The van der Waals surface area contributed by atoms with Gasteiger partial charge in [0, 0.05) is 33.5 Å². The largest absolute Gasteiger partial charge is 0.378 e. The summed E-state index contributed by atoms with van der Waals surface area (Å²) < 4.78 is 6.24. The molecule has 1 atom stereocenters. The van der Waals surface area contributed by atoms with Crippen molar-refractivity contribution < 1.29 is 14.3 Å². The molecule has 0 aliphatic carbocycles. The van der Waals surface area contributed by atoms with Crippen molar-refractivity contribution in [1.29, 1.82) is 0 Å². The minimum absolute atomic E-state index is 0.0529. The lowest BCUT2D eigenvalue weighted by molar-refractivity contribution is -0.131. The number of amides is 3. The number of urea groups is 1. The van der Waals surface area contributed by atoms with Crippen molar-refractivity contribution in [1.82, 2.24) is 15.5 Å². The van der Waals surface area contributed by atoms with E-state index in [1.54, 1.807) is 11.8 Å². The van der Waals surface area contributed by atoms with E-state index < -0.39 is 6.04 Å². The highest BCUT2D eigenvalue weighted by molar-refractivity contribution is 9.10. The third-order valence-corrected chi connectivity index (χ3v) is 5.43. The summed E-state index contributed by atoms with van der Waals surface area (Å²) in [6.45, 7) is 4.01. The monoisotopic (exact) mass is 385 g/mol. The molecule has 8 heteroatoms. The van der Waals surface area contributed by atoms with Crippen molar-refractivity contribution in [2.75, 3.05) is 26.3 Å². The smallest absolute Gasteiger partial charge is 0.319 e. The summed E-state index contributed by atoms with van der Waals surface area (Å²) in [5, 5.41) is 7.49. The number of rotatable bonds is 2. The number of morpholine rings is 1. The number of carbonyl (C=O) groups is 2. The van der Waals surface area contributed by atoms with E-state index in [9.17, 15) is 9.59 Å². The number of halogens is 1. The van der Waals surface area contributed by atoms with Gasteiger partial charge in [-0.2, -0.15) is 0 Å². The number of carbonyl (C=O) groups excluding carboxylic acids is 2. The number of nitrogens with zero attached hydrogens (tertiary/aromatic N) is 1. The molecule has 1 fully saturated rings. The molecule has 0 spiro atoms. The van der Waals surface area contributed by atoms with Crippen LogP contribution in [0.5, 0.6) is 0 Å². The summed E-state index contributed by atoms with van der Waals surface area (Å²) >= 11 is 4.93. The zero-order valence-electron chi connectivity index (χ0n) is 12.0. The van der Waals surface area contributed by atoms with E-state index in [-0.39, 0.29) is 11.9 Å². The molecule has 0 saturated carbocycles. The van der Waals surface area contributed by atoms with Crippen molar-refractivity contribution in [3.05, 3.63) is 32.1 Å². The standard InChI is InChI=1S/C14H16BrN3O3S/c1-8-11(13(19)18-2-4-21-5-3-18)12(17-14(20)16-8)10-6-9(15)7-22-10/h6-7,12H,2-5H2,1H3,(H2,16,17,20)/t12-/m0/s1. The van der Waals surface area contributed by atoms with Crippen LogP contribution in [-0.2, 0) is 9.53 Å². The Kier molecular flexibility index (Phi) is 4.51. The number of nitrogens with one attached hydrogen (secondary N) is 2. The Hall–Kier alpha value is -1.38. The van der Waals surface area contributed by atoms with Gasteiger partial charge in [0.15, 0.2) is 0 Å². The van der Waals surface area contributed by atoms with Crippen LogP contribution >= 0.6 is 27.3 Å². The van der Waals surface area contributed by atoms with Crippen LogP contribution in [0.3, 0.4) is 0 Å². The van der Waals surface area contributed by atoms with Gasteiger partial charge >= 0.3 is 6.03 Å². The minimum Gasteiger partial charge on any atom is -0.378 e. The Morgan fingerprint density at radius 3 is 2.82 bits per heavy atom. The van der Waals surface area contributed by atoms with Crippen LogP contribution in [0.2, 0.25) is 0 Å². The van der Waals surface area contributed by atoms with Gasteiger partial charge in [0.25, 0.3) is 5.91 Å². The van der Waals surface area contributed by atoms with Crippen molar-refractivity contribution in [2.45, 2.75) is 13.0 Å². The first-order chi connectivity index (χ1) is 10.6. The quantitative estimate of drug-likeness (QED) is 0.817. The molecule has 1 aromatic heterocycles. The van der Waals surface area contributed by atoms with E-state index in [0.29, 0.717) is 37.6 Å². The normalized spacial score (nSPS) is 22.4. The van der Waals surface area contributed by atoms with Crippen LogP contribution in [-0.4, -0.2) is 43.1 Å². The molecule has 0 unspecified atom stereocenters. The molecule has 0 bridgehead atoms. The van der Waals surface area contributed by atoms with Crippen LogP contribution < -0.4 is 10.6 Å². The topological polar surface area (TPSA) is 70.7 Å². The van der Waals surface area contributed by atoms with Gasteiger partial charge in [-0.3, -0.25) is 4.79 Å². The molecular weight excluding hydrogens is 370 g/mol. The third-order valence-electron chi connectivity index (χ3n) is 3.67. The SMILES string of the molecule is CC1=C(C(=O)N2CCOCC2)[C@H](c2cc(Br)cs2)NC(=O)N1. The van der Waals surface area contributed by atoms with Crippen LogP contribution in [0.4, 0.5) is 4.79 Å². The lowest BCUT2D eigenvalue weighted by atomic mass is 10.00. The van der Waals surface area contributed by atoms with E-state index in [0.717, 1.165) is 9.35 Å². The first-order valence-electron chi connectivity index (χ1n) is 6.95. The van der Waals surface area contributed by atoms with Crippen molar-refractivity contribution in [2.24, 2.45) is 0 Å². The fraction of sp³-hybridized carbons (Fsp3) is 0.429. The molecule has 118 valence electrons. The van der Waals surface area contributed by atoms with E-state index in [1.807, 2.05) is 11.4 Å². The molecule has 1 saturated heterocycles. The molecule has 3 heterocycles. The average molecular weight is 386 g/mol. The van der Waals surface area contributed by atoms with Gasteiger partial charge in [-0.05, 0) is 28.9 Å². The molecule has 3 rings (SSSR count). The number of ether oxygens (including phenoxy) is 1.